The van der Waals surface area contributed by atoms with E-state index in [-0.39, 0.29) is 16.1 Å². The van der Waals surface area contributed by atoms with Gasteiger partial charge in [-0.1, -0.05) is 18.5 Å². The summed E-state index contributed by atoms with van der Waals surface area (Å²) in [7, 11) is 0.118. The van der Waals surface area contributed by atoms with Crippen molar-refractivity contribution in [2.24, 2.45) is 13.0 Å². The highest BCUT2D eigenvalue weighted by Crippen LogP contribution is 2.18. The highest BCUT2D eigenvalue weighted by Gasteiger charge is 2.23. The van der Waals surface area contributed by atoms with Gasteiger partial charge in [-0.15, -0.1) is 0 Å². The second-order valence-corrected chi connectivity index (χ2v) is 8.05. The minimum atomic E-state index is -3.66. The van der Waals surface area contributed by atoms with Crippen molar-refractivity contribution >= 4 is 21.6 Å². The average molecular weight is 350 g/mol. The minimum Gasteiger partial charge on any atom is -0.324 e. The summed E-state index contributed by atoms with van der Waals surface area (Å²) in [6, 6.07) is 0. The fourth-order valence-corrected chi connectivity index (χ4v) is 4.02. The predicted molar refractivity (Wildman–Crippen MR) is 86.5 cm³/mol. The summed E-state index contributed by atoms with van der Waals surface area (Å²) in [6.07, 6.45) is 1.39. The first kappa shape index (κ1) is 17.7. The van der Waals surface area contributed by atoms with Gasteiger partial charge >= 0.3 is 0 Å². The Balaban J connectivity index is 1.85. The number of sulfonamides is 1. The lowest BCUT2D eigenvalue weighted by Crippen LogP contribution is -2.46. The SMILES string of the molecule is CC(CNS(=O)(=O)c1ncn(C)c1Cl)CN1CCN(C)CC1. The highest BCUT2D eigenvalue weighted by atomic mass is 35.5. The number of aryl methyl sites for hydroxylation is 1. The molecule has 0 spiro atoms. The lowest BCUT2D eigenvalue weighted by atomic mass is 10.1. The van der Waals surface area contributed by atoms with E-state index in [2.05, 4.69) is 26.6 Å². The fourth-order valence-electron chi connectivity index (χ4n) is 2.43. The Bertz CT molecular complexity index is 596. The fraction of sp³-hybridized carbons (Fsp3) is 0.769. The monoisotopic (exact) mass is 349 g/mol. The molecule has 1 aromatic heterocycles. The van der Waals surface area contributed by atoms with Gasteiger partial charge in [0.2, 0.25) is 5.03 Å². The van der Waals surface area contributed by atoms with Crippen LogP contribution in [0.5, 0.6) is 0 Å². The van der Waals surface area contributed by atoms with Gasteiger partial charge in [-0.05, 0) is 13.0 Å². The van der Waals surface area contributed by atoms with Crippen LogP contribution in [0.3, 0.4) is 0 Å². The van der Waals surface area contributed by atoms with Gasteiger partial charge in [0.1, 0.15) is 5.15 Å². The maximum absolute atomic E-state index is 12.2. The zero-order valence-corrected chi connectivity index (χ0v) is 14.9. The molecule has 1 atom stereocenters. The Hall–Kier alpha value is -0.670. The first-order valence-electron chi connectivity index (χ1n) is 7.37. The van der Waals surface area contributed by atoms with E-state index in [0.717, 1.165) is 32.7 Å². The molecule has 1 saturated heterocycles. The lowest BCUT2D eigenvalue weighted by Gasteiger charge is -2.33. The Morgan fingerprint density at radius 3 is 2.50 bits per heavy atom. The van der Waals surface area contributed by atoms with Crippen molar-refractivity contribution in [3.05, 3.63) is 11.5 Å². The van der Waals surface area contributed by atoms with E-state index in [4.69, 9.17) is 11.6 Å². The number of nitrogens with one attached hydrogen (secondary N) is 1. The number of aromatic nitrogens is 2. The van der Waals surface area contributed by atoms with Crippen molar-refractivity contribution in [1.82, 2.24) is 24.1 Å². The van der Waals surface area contributed by atoms with Gasteiger partial charge in [-0.3, -0.25) is 0 Å². The second-order valence-electron chi connectivity index (χ2n) is 6.01. The molecule has 126 valence electrons. The molecule has 0 radical (unpaired) electrons. The highest BCUT2D eigenvalue weighted by molar-refractivity contribution is 7.89. The van der Waals surface area contributed by atoms with Crippen molar-refractivity contribution in [2.45, 2.75) is 11.9 Å². The molecule has 0 aromatic carbocycles. The molecule has 1 unspecified atom stereocenters. The van der Waals surface area contributed by atoms with Crippen molar-refractivity contribution in [1.29, 1.82) is 0 Å². The van der Waals surface area contributed by atoms with Gasteiger partial charge in [0.05, 0.1) is 6.33 Å². The molecule has 0 amide bonds. The standard InChI is InChI=1S/C13H24ClN5O2S/c1-11(9-19-6-4-17(2)5-7-19)8-16-22(20,21)13-12(14)18(3)10-15-13/h10-11,16H,4-9H2,1-3H3. The van der Waals surface area contributed by atoms with Gasteiger partial charge in [-0.25, -0.2) is 18.1 Å². The molecule has 0 aliphatic carbocycles. The molecule has 7 nitrogen and oxygen atoms in total. The Labute approximate surface area is 137 Å². The molecular weight excluding hydrogens is 326 g/mol. The largest absolute Gasteiger partial charge is 0.324 e. The van der Waals surface area contributed by atoms with E-state index in [1.807, 2.05) is 6.92 Å². The Morgan fingerprint density at radius 1 is 1.32 bits per heavy atom. The molecule has 2 rings (SSSR count). The maximum atomic E-state index is 12.2. The third-order valence-electron chi connectivity index (χ3n) is 3.88. The van der Waals surface area contributed by atoms with Crippen LogP contribution in [0.4, 0.5) is 0 Å². The topological polar surface area (TPSA) is 70.5 Å². The van der Waals surface area contributed by atoms with Gasteiger partial charge < -0.3 is 14.4 Å². The minimum absolute atomic E-state index is 0.108. The van der Waals surface area contributed by atoms with Gasteiger partial charge in [0.15, 0.2) is 0 Å². The second kappa shape index (κ2) is 7.27. The smallest absolute Gasteiger partial charge is 0.261 e. The normalized spacial score (nSPS) is 19.5. The van der Waals surface area contributed by atoms with Gasteiger partial charge in [-0.2, -0.15) is 0 Å². The summed E-state index contributed by atoms with van der Waals surface area (Å²) in [5.74, 6) is 0.223. The van der Waals surface area contributed by atoms with Crippen molar-refractivity contribution in [2.75, 3.05) is 46.3 Å². The van der Waals surface area contributed by atoms with E-state index >= 15 is 0 Å². The summed E-state index contributed by atoms with van der Waals surface area (Å²) in [4.78, 5) is 8.52. The molecule has 1 aliphatic rings. The van der Waals surface area contributed by atoms with Crippen LogP contribution in [-0.2, 0) is 17.1 Å². The van der Waals surface area contributed by atoms with Crippen LogP contribution in [-0.4, -0.2) is 74.1 Å². The molecule has 2 heterocycles. The Kier molecular flexibility index (Phi) is 5.84. The number of likely N-dealkylation sites (N-methyl/N-ethyl adjacent to an activating group) is 1. The van der Waals surface area contributed by atoms with E-state index in [1.54, 1.807) is 7.05 Å². The van der Waals surface area contributed by atoms with Crippen LogP contribution >= 0.6 is 11.6 Å². The summed E-state index contributed by atoms with van der Waals surface area (Å²) >= 11 is 5.95. The number of rotatable bonds is 6. The molecule has 22 heavy (non-hydrogen) atoms. The third kappa shape index (κ3) is 4.42. The number of halogens is 1. The molecule has 1 fully saturated rings. The summed E-state index contributed by atoms with van der Waals surface area (Å²) < 4.78 is 28.5. The average Bonchev–Trinajstić information content (AvgIpc) is 2.80. The molecule has 1 aliphatic heterocycles. The predicted octanol–water partition coefficient (Wildman–Crippen LogP) is 0.235. The molecule has 0 saturated carbocycles. The third-order valence-corrected chi connectivity index (χ3v) is 5.79. The maximum Gasteiger partial charge on any atom is 0.261 e. The van der Waals surface area contributed by atoms with E-state index in [0.29, 0.717) is 6.54 Å². The number of hydrogen-bond acceptors (Lipinski definition) is 5. The zero-order chi connectivity index (χ0) is 16.3. The van der Waals surface area contributed by atoms with Gasteiger partial charge in [0, 0.05) is 46.3 Å². The molecule has 1 N–H and O–H groups in total. The van der Waals surface area contributed by atoms with E-state index < -0.39 is 10.0 Å². The number of hydrogen-bond donors (Lipinski definition) is 1. The quantitative estimate of drug-likeness (QED) is 0.796. The summed E-state index contributed by atoms with van der Waals surface area (Å²) in [5.41, 5.74) is 0. The van der Waals surface area contributed by atoms with Crippen LogP contribution < -0.4 is 4.72 Å². The first-order valence-corrected chi connectivity index (χ1v) is 9.23. The molecule has 1 aromatic rings. The molecule has 9 heteroatoms. The van der Waals surface area contributed by atoms with E-state index in [9.17, 15) is 8.42 Å². The van der Waals surface area contributed by atoms with Crippen LogP contribution in [0.2, 0.25) is 5.15 Å². The van der Waals surface area contributed by atoms with Crippen LogP contribution in [0, 0.1) is 5.92 Å². The van der Waals surface area contributed by atoms with Crippen molar-refractivity contribution < 1.29 is 8.42 Å². The summed E-state index contributed by atoms with van der Waals surface area (Å²) in [5, 5.41) is 0.0164. The molecule has 0 bridgehead atoms. The van der Waals surface area contributed by atoms with Crippen LogP contribution in [0.1, 0.15) is 6.92 Å². The van der Waals surface area contributed by atoms with E-state index in [1.165, 1.54) is 10.9 Å². The summed E-state index contributed by atoms with van der Waals surface area (Å²) in [6.45, 7) is 7.47. The number of nitrogens with zero attached hydrogens (tertiary/aromatic N) is 4. The first-order chi connectivity index (χ1) is 10.3. The zero-order valence-electron chi connectivity index (χ0n) is 13.3. The number of imidazole rings is 1. The van der Waals surface area contributed by atoms with Crippen LogP contribution in [0.25, 0.3) is 0 Å². The Morgan fingerprint density at radius 2 is 1.95 bits per heavy atom. The lowest BCUT2D eigenvalue weighted by molar-refractivity contribution is 0.139. The van der Waals surface area contributed by atoms with Crippen LogP contribution in [0.15, 0.2) is 11.4 Å². The van der Waals surface area contributed by atoms with Crippen molar-refractivity contribution in [3.8, 4) is 0 Å². The number of piperazine rings is 1. The molecular formula is C13H24ClN5O2S. The van der Waals surface area contributed by atoms with Gasteiger partial charge in [0.25, 0.3) is 10.0 Å². The van der Waals surface area contributed by atoms with Crippen molar-refractivity contribution in [3.63, 3.8) is 0 Å².